The maximum absolute atomic E-state index is 12.2. The van der Waals surface area contributed by atoms with Gasteiger partial charge in [-0.1, -0.05) is 12.8 Å². The molecule has 0 aliphatic carbocycles. The highest BCUT2D eigenvalue weighted by atomic mass is 16.5. The summed E-state index contributed by atoms with van der Waals surface area (Å²) < 4.78 is 16.3. The van der Waals surface area contributed by atoms with E-state index in [4.69, 9.17) is 19.9 Å². The molecule has 0 saturated carbocycles. The standard InChI is InChI=1S/C17H32N2O7/c1-12(21)19-15-13(26-14(11-20)16(22)17(15)23)5-3-2-4-7-24-9-10-25-8-6-18/h13-16,20,22H,2-11,18H2,1H3,(H,19,21)/t13-,14-,15+,16+/m1/s1. The van der Waals surface area contributed by atoms with Crippen LogP contribution < -0.4 is 11.1 Å². The van der Waals surface area contributed by atoms with Crippen LogP contribution in [0.1, 0.15) is 32.6 Å². The molecule has 0 bridgehead atoms. The number of unbranched alkanes of at least 4 members (excludes halogenated alkanes) is 2. The average molecular weight is 376 g/mol. The molecule has 0 aromatic carbocycles. The van der Waals surface area contributed by atoms with E-state index in [1.165, 1.54) is 6.92 Å². The fourth-order valence-corrected chi connectivity index (χ4v) is 2.82. The van der Waals surface area contributed by atoms with Gasteiger partial charge in [-0.2, -0.15) is 0 Å². The fraction of sp³-hybridized carbons (Fsp3) is 0.882. The number of carbonyl (C=O) groups excluding carboxylic acids is 2. The Morgan fingerprint density at radius 3 is 2.46 bits per heavy atom. The quantitative estimate of drug-likeness (QED) is 0.292. The number of ether oxygens (including phenoxy) is 3. The lowest BCUT2D eigenvalue weighted by atomic mass is 9.91. The van der Waals surface area contributed by atoms with Crippen LogP contribution in [-0.2, 0) is 23.8 Å². The van der Waals surface area contributed by atoms with Crippen molar-refractivity contribution in [3.63, 3.8) is 0 Å². The number of rotatable bonds is 13. The summed E-state index contributed by atoms with van der Waals surface area (Å²) in [4.78, 5) is 23.5. The van der Waals surface area contributed by atoms with Crippen molar-refractivity contribution >= 4 is 11.7 Å². The molecule has 4 atom stereocenters. The van der Waals surface area contributed by atoms with Gasteiger partial charge in [0.1, 0.15) is 18.2 Å². The molecule has 1 rings (SSSR count). The van der Waals surface area contributed by atoms with Crippen LogP contribution >= 0.6 is 0 Å². The third kappa shape index (κ3) is 8.07. The van der Waals surface area contributed by atoms with Gasteiger partial charge in [0.15, 0.2) is 5.78 Å². The zero-order valence-corrected chi connectivity index (χ0v) is 15.4. The van der Waals surface area contributed by atoms with E-state index < -0.39 is 36.7 Å². The molecule has 0 unspecified atom stereocenters. The first kappa shape index (κ1) is 22.9. The van der Waals surface area contributed by atoms with E-state index in [0.29, 0.717) is 39.4 Å². The van der Waals surface area contributed by atoms with E-state index >= 15 is 0 Å². The average Bonchev–Trinajstić information content (AvgIpc) is 2.62. The summed E-state index contributed by atoms with van der Waals surface area (Å²) in [6.07, 6.45) is 0.106. The minimum Gasteiger partial charge on any atom is -0.394 e. The SMILES string of the molecule is CC(=O)N[C@@H]1C(=O)[C@@H](O)[C@@H](CO)O[C@@H]1CCCCCOCCOCCN. The number of carbonyl (C=O) groups is 2. The summed E-state index contributed by atoms with van der Waals surface area (Å²) >= 11 is 0. The zero-order chi connectivity index (χ0) is 19.4. The Labute approximate surface area is 154 Å². The first-order chi connectivity index (χ1) is 12.5. The monoisotopic (exact) mass is 376 g/mol. The second-order valence-electron chi connectivity index (χ2n) is 6.28. The van der Waals surface area contributed by atoms with Crippen LogP contribution in [0.15, 0.2) is 0 Å². The van der Waals surface area contributed by atoms with Crippen molar-refractivity contribution in [2.45, 2.75) is 57.0 Å². The Balaban J connectivity index is 2.29. The molecule has 152 valence electrons. The van der Waals surface area contributed by atoms with Gasteiger partial charge in [-0.15, -0.1) is 0 Å². The Morgan fingerprint density at radius 1 is 1.15 bits per heavy atom. The van der Waals surface area contributed by atoms with Crippen LogP contribution in [0.4, 0.5) is 0 Å². The molecule has 26 heavy (non-hydrogen) atoms. The maximum Gasteiger partial charge on any atom is 0.217 e. The molecule has 0 aromatic heterocycles. The number of amides is 1. The van der Waals surface area contributed by atoms with Crippen molar-refractivity contribution in [1.82, 2.24) is 5.32 Å². The van der Waals surface area contributed by atoms with E-state index in [2.05, 4.69) is 5.32 Å². The third-order valence-electron chi connectivity index (χ3n) is 4.12. The summed E-state index contributed by atoms with van der Waals surface area (Å²) in [5.74, 6) is -0.881. The Bertz CT molecular complexity index is 422. The van der Waals surface area contributed by atoms with Gasteiger partial charge in [-0.05, 0) is 12.8 Å². The van der Waals surface area contributed by atoms with Gasteiger partial charge in [0.2, 0.25) is 5.91 Å². The zero-order valence-electron chi connectivity index (χ0n) is 15.4. The molecule has 1 aliphatic heterocycles. The molecule has 9 heteroatoms. The number of Topliss-reactive ketones (excluding diaryl/α,β-unsaturated/α-hetero) is 1. The number of hydrogen-bond acceptors (Lipinski definition) is 8. The Morgan fingerprint density at radius 2 is 1.85 bits per heavy atom. The number of nitrogens with one attached hydrogen (secondary N) is 1. The minimum atomic E-state index is -1.43. The molecule has 0 spiro atoms. The lowest BCUT2D eigenvalue weighted by Crippen LogP contribution is -2.61. The lowest BCUT2D eigenvalue weighted by Gasteiger charge is -2.38. The fourth-order valence-electron chi connectivity index (χ4n) is 2.82. The first-order valence-electron chi connectivity index (χ1n) is 9.12. The predicted octanol–water partition coefficient (Wildman–Crippen LogP) is -1.27. The molecule has 1 aliphatic rings. The summed E-state index contributed by atoms with van der Waals surface area (Å²) in [5.41, 5.74) is 5.31. The number of aliphatic hydroxyl groups is 2. The Kier molecular flexibility index (Phi) is 11.6. The largest absolute Gasteiger partial charge is 0.394 e. The highest BCUT2D eigenvalue weighted by Gasteiger charge is 2.43. The first-order valence-corrected chi connectivity index (χ1v) is 9.12. The van der Waals surface area contributed by atoms with E-state index in [-0.39, 0.29) is 5.91 Å². The predicted molar refractivity (Wildman–Crippen MR) is 93.5 cm³/mol. The molecular formula is C17H32N2O7. The van der Waals surface area contributed by atoms with Crippen molar-refractivity contribution in [1.29, 1.82) is 0 Å². The number of hydrogen-bond donors (Lipinski definition) is 4. The Hall–Kier alpha value is -1.10. The van der Waals surface area contributed by atoms with Gasteiger partial charge in [0, 0.05) is 20.1 Å². The maximum atomic E-state index is 12.2. The van der Waals surface area contributed by atoms with Crippen molar-refractivity contribution in [3.05, 3.63) is 0 Å². The van der Waals surface area contributed by atoms with Crippen molar-refractivity contribution in [2.24, 2.45) is 5.73 Å². The van der Waals surface area contributed by atoms with Gasteiger partial charge in [-0.25, -0.2) is 0 Å². The molecule has 1 fully saturated rings. The van der Waals surface area contributed by atoms with Crippen molar-refractivity contribution < 1.29 is 34.0 Å². The van der Waals surface area contributed by atoms with Gasteiger partial charge >= 0.3 is 0 Å². The van der Waals surface area contributed by atoms with Gasteiger partial charge < -0.3 is 35.5 Å². The van der Waals surface area contributed by atoms with Crippen molar-refractivity contribution in [3.8, 4) is 0 Å². The van der Waals surface area contributed by atoms with Gasteiger partial charge in [0.25, 0.3) is 0 Å². The van der Waals surface area contributed by atoms with Crippen LogP contribution in [0.5, 0.6) is 0 Å². The molecule has 1 saturated heterocycles. The molecule has 9 nitrogen and oxygen atoms in total. The minimum absolute atomic E-state index is 0.364. The van der Waals surface area contributed by atoms with E-state index in [0.717, 1.165) is 19.3 Å². The van der Waals surface area contributed by atoms with Crippen molar-refractivity contribution in [2.75, 3.05) is 39.6 Å². The second kappa shape index (κ2) is 13.1. The lowest BCUT2D eigenvalue weighted by molar-refractivity contribution is -0.172. The van der Waals surface area contributed by atoms with Gasteiger partial charge in [-0.3, -0.25) is 9.59 Å². The molecule has 0 aromatic rings. The van der Waals surface area contributed by atoms with Crippen LogP contribution in [0, 0.1) is 0 Å². The van der Waals surface area contributed by atoms with E-state index in [1.807, 2.05) is 0 Å². The summed E-state index contributed by atoms with van der Waals surface area (Å²) in [6, 6.07) is -0.888. The highest BCUT2D eigenvalue weighted by molar-refractivity contribution is 5.93. The van der Waals surface area contributed by atoms with Crippen LogP contribution in [-0.4, -0.2) is 85.8 Å². The van der Waals surface area contributed by atoms with Crippen LogP contribution in [0.2, 0.25) is 0 Å². The topological polar surface area (TPSA) is 140 Å². The van der Waals surface area contributed by atoms with Crippen LogP contribution in [0.3, 0.4) is 0 Å². The smallest absolute Gasteiger partial charge is 0.217 e. The summed E-state index contributed by atoms with van der Waals surface area (Å²) in [7, 11) is 0. The molecule has 1 heterocycles. The third-order valence-corrected chi connectivity index (χ3v) is 4.12. The highest BCUT2D eigenvalue weighted by Crippen LogP contribution is 2.22. The van der Waals surface area contributed by atoms with E-state index in [1.54, 1.807) is 0 Å². The van der Waals surface area contributed by atoms with Crippen LogP contribution in [0.25, 0.3) is 0 Å². The summed E-state index contributed by atoms with van der Waals surface area (Å²) in [5, 5.41) is 21.7. The molecule has 5 N–H and O–H groups in total. The normalized spacial score (nSPS) is 26.1. The molecular weight excluding hydrogens is 344 g/mol. The number of aliphatic hydroxyl groups excluding tert-OH is 2. The van der Waals surface area contributed by atoms with E-state index in [9.17, 15) is 19.8 Å². The molecule has 1 amide bonds. The second-order valence-corrected chi connectivity index (χ2v) is 6.28. The number of nitrogens with two attached hydrogens (primary N) is 1. The number of ketones is 1. The summed E-state index contributed by atoms with van der Waals surface area (Å²) in [6.45, 7) is 3.56. The van der Waals surface area contributed by atoms with Gasteiger partial charge in [0.05, 0.1) is 32.5 Å². The molecule has 0 radical (unpaired) electrons.